The van der Waals surface area contributed by atoms with Gasteiger partial charge in [0.2, 0.25) is 5.82 Å². The molecule has 0 aliphatic carbocycles. The van der Waals surface area contributed by atoms with Gasteiger partial charge in [-0.1, -0.05) is 0 Å². The standard InChI is InChI=1S/C9H11N3O4/c1-2-16-8(13)6-11-9-7(12(14)15)4-3-5-10-9/h3-5H,2,6H2,1H3,(H,10,11). The van der Waals surface area contributed by atoms with Gasteiger partial charge >= 0.3 is 11.7 Å². The first-order valence-electron chi connectivity index (χ1n) is 4.64. The Balaban J connectivity index is 2.66. The molecule has 7 nitrogen and oxygen atoms in total. The van der Waals surface area contributed by atoms with Crippen molar-refractivity contribution in [3.8, 4) is 0 Å². The van der Waals surface area contributed by atoms with Gasteiger partial charge in [0.25, 0.3) is 0 Å². The van der Waals surface area contributed by atoms with Crippen molar-refractivity contribution in [2.24, 2.45) is 0 Å². The van der Waals surface area contributed by atoms with Crippen LogP contribution in [0.1, 0.15) is 6.92 Å². The lowest BCUT2D eigenvalue weighted by atomic mass is 10.4. The average molecular weight is 225 g/mol. The van der Waals surface area contributed by atoms with Crippen molar-refractivity contribution >= 4 is 17.5 Å². The van der Waals surface area contributed by atoms with E-state index in [9.17, 15) is 14.9 Å². The number of ether oxygens (including phenoxy) is 1. The van der Waals surface area contributed by atoms with Crippen molar-refractivity contribution in [1.29, 1.82) is 0 Å². The summed E-state index contributed by atoms with van der Waals surface area (Å²) in [5, 5.41) is 13.2. The second kappa shape index (κ2) is 5.64. The van der Waals surface area contributed by atoms with Gasteiger partial charge in [-0.15, -0.1) is 0 Å². The molecule has 0 saturated heterocycles. The third-order valence-electron chi connectivity index (χ3n) is 1.69. The van der Waals surface area contributed by atoms with E-state index in [1.54, 1.807) is 6.92 Å². The molecule has 1 N–H and O–H groups in total. The van der Waals surface area contributed by atoms with Crippen molar-refractivity contribution in [3.63, 3.8) is 0 Å². The third-order valence-corrected chi connectivity index (χ3v) is 1.69. The summed E-state index contributed by atoms with van der Waals surface area (Å²) in [6.45, 7) is 1.80. The van der Waals surface area contributed by atoms with Gasteiger partial charge in [-0.3, -0.25) is 14.9 Å². The van der Waals surface area contributed by atoms with Gasteiger partial charge in [0, 0.05) is 12.3 Å². The number of nitrogens with one attached hydrogen (secondary N) is 1. The van der Waals surface area contributed by atoms with Crippen LogP contribution in [0.15, 0.2) is 18.3 Å². The first kappa shape index (κ1) is 11.9. The summed E-state index contributed by atoms with van der Waals surface area (Å²) < 4.78 is 4.66. The van der Waals surface area contributed by atoms with Gasteiger partial charge in [-0.05, 0) is 13.0 Å². The van der Waals surface area contributed by atoms with E-state index in [0.717, 1.165) is 0 Å². The van der Waals surface area contributed by atoms with Crippen LogP contribution in [0, 0.1) is 10.1 Å². The lowest BCUT2D eigenvalue weighted by molar-refractivity contribution is -0.384. The zero-order chi connectivity index (χ0) is 12.0. The molecule has 86 valence electrons. The first-order chi connectivity index (χ1) is 7.65. The maximum Gasteiger partial charge on any atom is 0.325 e. The van der Waals surface area contributed by atoms with Gasteiger partial charge in [-0.25, -0.2) is 4.98 Å². The van der Waals surface area contributed by atoms with Crippen molar-refractivity contribution in [1.82, 2.24) is 4.98 Å². The maximum atomic E-state index is 11.0. The number of carbonyl (C=O) groups excluding carboxylic acids is 1. The van der Waals surface area contributed by atoms with E-state index in [1.165, 1.54) is 18.3 Å². The van der Waals surface area contributed by atoms with Crippen LogP contribution >= 0.6 is 0 Å². The summed E-state index contributed by atoms with van der Waals surface area (Å²) >= 11 is 0. The smallest absolute Gasteiger partial charge is 0.325 e. The van der Waals surface area contributed by atoms with E-state index in [-0.39, 0.29) is 24.7 Å². The fraction of sp³-hybridized carbons (Fsp3) is 0.333. The number of rotatable bonds is 5. The summed E-state index contributed by atoms with van der Waals surface area (Å²) in [4.78, 5) is 24.8. The highest BCUT2D eigenvalue weighted by molar-refractivity contribution is 5.75. The van der Waals surface area contributed by atoms with Crippen LogP contribution in [0.2, 0.25) is 0 Å². The fourth-order valence-electron chi connectivity index (χ4n) is 1.05. The molecule has 1 aromatic heterocycles. The van der Waals surface area contributed by atoms with Crippen LogP contribution in [0.4, 0.5) is 11.5 Å². The van der Waals surface area contributed by atoms with E-state index in [2.05, 4.69) is 15.0 Å². The molecule has 0 saturated carbocycles. The van der Waals surface area contributed by atoms with Crippen LogP contribution in [-0.2, 0) is 9.53 Å². The number of aromatic nitrogens is 1. The monoisotopic (exact) mass is 225 g/mol. The zero-order valence-electron chi connectivity index (χ0n) is 8.67. The Labute approximate surface area is 91.6 Å². The Morgan fingerprint density at radius 2 is 2.44 bits per heavy atom. The number of hydrogen-bond acceptors (Lipinski definition) is 6. The van der Waals surface area contributed by atoms with E-state index >= 15 is 0 Å². The van der Waals surface area contributed by atoms with Gasteiger partial charge in [-0.2, -0.15) is 0 Å². The Hall–Kier alpha value is -2.18. The van der Waals surface area contributed by atoms with Gasteiger partial charge in [0.05, 0.1) is 11.5 Å². The van der Waals surface area contributed by atoms with Gasteiger partial charge < -0.3 is 10.1 Å². The number of pyridine rings is 1. The molecule has 0 spiro atoms. The molecule has 16 heavy (non-hydrogen) atoms. The lowest BCUT2D eigenvalue weighted by Gasteiger charge is -2.04. The zero-order valence-corrected chi connectivity index (χ0v) is 8.67. The molecule has 0 aromatic carbocycles. The molecule has 0 radical (unpaired) electrons. The molecule has 0 amide bonds. The van der Waals surface area contributed by atoms with E-state index in [4.69, 9.17) is 0 Å². The normalized spacial score (nSPS) is 9.56. The van der Waals surface area contributed by atoms with Gasteiger partial charge in [0.15, 0.2) is 0 Å². The maximum absolute atomic E-state index is 11.0. The lowest BCUT2D eigenvalue weighted by Crippen LogP contribution is -2.17. The molecule has 0 unspecified atom stereocenters. The van der Waals surface area contributed by atoms with Gasteiger partial charge in [0.1, 0.15) is 6.54 Å². The molecule has 1 heterocycles. The quantitative estimate of drug-likeness (QED) is 0.455. The SMILES string of the molecule is CCOC(=O)CNc1ncccc1[N+](=O)[O-]. The molecular weight excluding hydrogens is 214 g/mol. The second-order valence-electron chi connectivity index (χ2n) is 2.79. The fourth-order valence-corrected chi connectivity index (χ4v) is 1.05. The number of nitro groups is 1. The van der Waals surface area contributed by atoms with Crippen molar-refractivity contribution < 1.29 is 14.5 Å². The number of hydrogen-bond donors (Lipinski definition) is 1. The summed E-state index contributed by atoms with van der Waals surface area (Å²) in [5.41, 5.74) is -0.174. The van der Waals surface area contributed by atoms with Crippen LogP contribution in [0.3, 0.4) is 0 Å². The molecule has 0 atom stereocenters. The highest BCUT2D eigenvalue weighted by atomic mass is 16.6. The molecule has 7 heteroatoms. The topological polar surface area (TPSA) is 94.4 Å². The van der Waals surface area contributed by atoms with Crippen molar-refractivity contribution in [2.45, 2.75) is 6.92 Å². The summed E-state index contributed by atoms with van der Waals surface area (Å²) in [7, 11) is 0. The molecule has 1 rings (SSSR count). The first-order valence-corrected chi connectivity index (χ1v) is 4.64. The van der Waals surface area contributed by atoms with E-state index < -0.39 is 10.9 Å². The molecular formula is C9H11N3O4. The van der Waals surface area contributed by atoms with Crippen LogP contribution in [0.25, 0.3) is 0 Å². The highest BCUT2D eigenvalue weighted by Crippen LogP contribution is 2.19. The summed E-state index contributed by atoms with van der Waals surface area (Å²) in [5.74, 6) is -0.428. The predicted octanol–water partition coefficient (Wildman–Crippen LogP) is 0.965. The third kappa shape index (κ3) is 3.19. The Morgan fingerprint density at radius 3 is 3.06 bits per heavy atom. The molecule has 0 fully saturated rings. The molecule has 0 bridgehead atoms. The average Bonchev–Trinajstić information content (AvgIpc) is 2.27. The van der Waals surface area contributed by atoms with Crippen LogP contribution < -0.4 is 5.32 Å². The minimum atomic E-state index is -0.569. The Morgan fingerprint density at radius 1 is 1.69 bits per heavy atom. The molecule has 1 aromatic rings. The van der Waals surface area contributed by atoms with Crippen LogP contribution in [0.5, 0.6) is 0 Å². The van der Waals surface area contributed by atoms with Crippen LogP contribution in [-0.4, -0.2) is 29.0 Å². The predicted molar refractivity (Wildman–Crippen MR) is 56.0 cm³/mol. The minimum absolute atomic E-state index is 0.0561. The van der Waals surface area contributed by atoms with E-state index in [0.29, 0.717) is 0 Å². The number of esters is 1. The van der Waals surface area contributed by atoms with Crippen molar-refractivity contribution in [3.05, 3.63) is 28.4 Å². The van der Waals surface area contributed by atoms with E-state index in [1.807, 2.05) is 0 Å². The molecule has 0 aliphatic rings. The number of nitrogens with zero attached hydrogens (tertiary/aromatic N) is 2. The number of carbonyl (C=O) groups is 1. The largest absolute Gasteiger partial charge is 0.465 e. The highest BCUT2D eigenvalue weighted by Gasteiger charge is 2.14. The second-order valence-corrected chi connectivity index (χ2v) is 2.79. The van der Waals surface area contributed by atoms with Crippen molar-refractivity contribution in [2.75, 3.05) is 18.5 Å². The summed E-state index contributed by atoms with van der Waals surface area (Å²) in [6.07, 6.45) is 1.40. The summed E-state index contributed by atoms with van der Waals surface area (Å²) in [6, 6.07) is 2.76. The Bertz CT molecular complexity index is 394. The number of anilines is 1. The minimum Gasteiger partial charge on any atom is -0.465 e. The Kier molecular flexibility index (Phi) is 4.19. The molecule has 0 aliphatic heterocycles.